The first-order valence-electron chi connectivity index (χ1n) is 4.89. The molecule has 1 N–H and O–H groups in total. The maximum Gasteiger partial charge on any atom is 0.324 e. The summed E-state index contributed by atoms with van der Waals surface area (Å²) in [6.45, 7) is 2.23. The Morgan fingerprint density at radius 1 is 1.80 bits per heavy atom. The fraction of sp³-hybridized carbons (Fsp3) is 0.500. The number of furan rings is 1. The van der Waals surface area contributed by atoms with Gasteiger partial charge in [0.25, 0.3) is 0 Å². The van der Waals surface area contributed by atoms with E-state index in [-0.39, 0.29) is 17.4 Å². The van der Waals surface area contributed by atoms with Crippen LogP contribution in [0.2, 0.25) is 0 Å². The van der Waals surface area contributed by atoms with E-state index in [1.165, 1.54) is 0 Å². The van der Waals surface area contributed by atoms with Crippen LogP contribution in [0.1, 0.15) is 18.1 Å². The minimum atomic E-state index is -0.218. The number of carbonyl (C=O) groups excluding carboxylic acids is 1. The van der Waals surface area contributed by atoms with Gasteiger partial charge in [0.1, 0.15) is 17.2 Å². The first-order valence-corrected chi connectivity index (χ1v) is 5.94. The van der Waals surface area contributed by atoms with Crippen molar-refractivity contribution in [1.29, 1.82) is 0 Å². The van der Waals surface area contributed by atoms with Crippen LogP contribution >= 0.6 is 11.8 Å². The molecular formula is C10H13NO3S. The summed E-state index contributed by atoms with van der Waals surface area (Å²) in [4.78, 5) is 11.4. The van der Waals surface area contributed by atoms with Crippen LogP contribution in [0.5, 0.6) is 0 Å². The molecular weight excluding hydrogens is 214 g/mol. The van der Waals surface area contributed by atoms with E-state index in [1.54, 1.807) is 18.0 Å². The van der Waals surface area contributed by atoms with Crippen molar-refractivity contribution in [3.8, 4) is 0 Å². The summed E-state index contributed by atoms with van der Waals surface area (Å²) in [6.07, 6.45) is 1.63. The van der Waals surface area contributed by atoms with Crippen LogP contribution in [-0.2, 0) is 9.53 Å². The van der Waals surface area contributed by atoms with Crippen molar-refractivity contribution >= 4 is 17.7 Å². The number of rotatable bonds is 3. The molecule has 2 atom stereocenters. The van der Waals surface area contributed by atoms with Gasteiger partial charge in [0.05, 0.1) is 12.9 Å². The Hall–Kier alpha value is -0.940. The van der Waals surface area contributed by atoms with Gasteiger partial charge in [-0.05, 0) is 19.1 Å². The van der Waals surface area contributed by atoms with Gasteiger partial charge in [0, 0.05) is 5.75 Å². The quantitative estimate of drug-likeness (QED) is 0.794. The topological polar surface area (TPSA) is 51.5 Å². The third kappa shape index (κ3) is 2.35. The van der Waals surface area contributed by atoms with E-state index >= 15 is 0 Å². The largest absolute Gasteiger partial charge is 0.467 e. The molecule has 1 saturated heterocycles. The smallest absolute Gasteiger partial charge is 0.324 e. The Bertz CT molecular complexity index is 325. The lowest BCUT2D eigenvalue weighted by Gasteiger charge is -2.10. The highest BCUT2D eigenvalue weighted by Gasteiger charge is 2.32. The summed E-state index contributed by atoms with van der Waals surface area (Å²) in [5.41, 5.74) is 0. The molecule has 1 aromatic heterocycles. The Labute approximate surface area is 92.4 Å². The summed E-state index contributed by atoms with van der Waals surface area (Å²) in [6, 6.07) is 3.53. The fourth-order valence-electron chi connectivity index (χ4n) is 1.46. The first-order chi connectivity index (χ1) is 7.31. The fourth-order valence-corrected chi connectivity index (χ4v) is 2.63. The average molecular weight is 227 g/mol. The van der Waals surface area contributed by atoms with Crippen LogP contribution in [0.15, 0.2) is 22.8 Å². The van der Waals surface area contributed by atoms with E-state index in [9.17, 15) is 4.79 Å². The van der Waals surface area contributed by atoms with Crippen LogP contribution < -0.4 is 5.32 Å². The molecule has 15 heavy (non-hydrogen) atoms. The Morgan fingerprint density at radius 2 is 2.67 bits per heavy atom. The predicted molar refractivity (Wildman–Crippen MR) is 57.5 cm³/mol. The standard InChI is InChI=1S/C10H13NO3S/c1-2-13-10(12)7-6-15-9(11-7)8-4-3-5-14-8/h3-5,7,9,11H,2,6H2,1H3/t7-,9+/m0/s1. The molecule has 5 heteroatoms. The van der Waals surface area contributed by atoms with Crippen molar-refractivity contribution in [2.75, 3.05) is 12.4 Å². The lowest BCUT2D eigenvalue weighted by atomic mass is 10.3. The molecule has 1 fully saturated rings. The second kappa shape index (κ2) is 4.72. The molecule has 82 valence electrons. The van der Waals surface area contributed by atoms with Crippen LogP contribution in [0.4, 0.5) is 0 Å². The SMILES string of the molecule is CCOC(=O)[C@@H]1CS[C@H](c2ccco2)N1. The zero-order valence-electron chi connectivity index (χ0n) is 8.43. The summed E-state index contributed by atoms with van der Waals surface area (Å²) in [5, 5.41) is 3.24. The van der Waals surface area contributed by atoms with Crippen molar-refractivity contribution in [2.45, 2.75) is 18.3 Å². The van der Waals surface area contributed by atoms with Gasteiger partial charge in [0.15, 0.2) is 0 Å². The number of ether oxygens (including phenoxy) is 1. The summed E-state index contributed by atoms with van der Waals surface area (Å²) in [7, 11) is 0. The van der Waals surface area contributed by atoms with E-state index in [4.69, 9.17) is 9.15 Å². The molecule has 0 aliphatic carbocycles. The normalized spacial score (nSPS) is 25.4. The molecule has 0 radical (unpaired) electrons. The maximum absolute atomic E-state index is 11.4. The molecule has 0 saturated carbocycles. The van der Waals surface area contributed by atoms with Gasteiger partial charge in [-0.25, -0.2) is 0 Å². The third-order valence-corrected chi connectivity index (χ3v) is 3.38. The van der Waals surface area contributed by atoms with Crippen LogP contribution in [-0.4, -0.2) is 24.4 Å². The van der Waals surface area contributed by atoms with Gasteiger partial charge in [-0.15, -0.1) is 11.8 Å². The predicted octanol–water partition coefficient (Wildman–Crippen LogP) is 1.55. The lowest BCUT2D eigenvalue weighted by Crippen LogP contribution is -2.35. The Kier molecular flexibility index (Phi) is 3.33. The van der Waals surface area contributed by atoms with Crippen molar-refractivity contribution in [2.24, 2.45) is 0 Å². The van der Waals surface area contributed by atoms with Crippen molar-refractivity contribution in [1.82, 2.24) is 5.32 Å². The summed E-state index contributed by atoms with van der Waals surface area (Å²) < 4.78 is 10.2. The number of carbonyl (C=O) groups is 1. The first kappa shape index (κ1) is 10.6. The molecule has 2 heterocycles. The van der Waals surface area contributed by atoms with E-state index in [1.807, 2.05) is 19.1 Å². The van der Waals surface area contributed by atoms with E-state index in [0.29, 0.717) is 6.61 Å². The Balaban J connectivity index is 1.92. The monoisotopic (exact) mass is 227 g/mol. The lowest BCUT2D eigenvalue weighted by molar-refractivity contribution is -0.144. The number of hydrogen-bond donors (Lipinski definition) is 1. The molecule has 0 unspecified atom stereocenters. The van der Waals surface area contributed by atoms with Crippen LogP contribution in [0.3, 0.4) is 0 Å². The van der Waals surface area contributed by atoms with E-state index in [0.717, 1.165) is 11.5 Å². The molecule has 1 aromatic rings. The number of thioether (sulfide) groups is 1. The van der Waals surface area contributed by atoms with E-state index < -0.39 is 0 Å². The highest BCUT2D eigenvalue weighted by Crippen LogP contribution is 2.33. The summed E-state index contributed by atoms with van der Waals surface area (Å²) in [5.74, 6) is 1.40. The van der Waals surface area contributed by atoms with Gasteiger partial charge >= 0.3 is 5.97 Å². The number of hydrogen-bond acceptors (Lipinski definition) is 5. The van der Waals surface area contributed by atoms with Crippen LogP contribution in [0.25, 0.3) is 0 Å². The minimum Gasteiger partial charge on any atom is -0.467 e. The Morgan fingerprint density at radius 3 is 3.33 bits per heavy atom. The molecule has 0 aromatic carbocycles. The molecule has 2 rings (SSSR count). The van der Waals surface area contributed by atoms with Gasteiger partial charge in [0.2, 0.25) is 0 Å². The molecule has 1 aliphatic rings. The highest BCUT2D eigenvalue weighted by molar-refractivity contribution is 7.99. The average Bonchev–Trinajstić information content (AvgIpc) is 2.89. The molecule has 0 amide bonds. The molecule has 0 spiro atoms. The van der Waals surface area contributed by atoms with Crippen LogP contribution in [0, 0.1) is 0 Å². The zero-order chi connectivity index (χ0) is 10.7. The van der Waals surface area contributed by atoms with Crippen molar-refractivity contribution < 1.29 is 13.9 Å². The zero-order valence-corrected chi connectivity index (χ0v) is 9.25. The molecule has 0 bridgehead atoms. The summed E-state index contributed by atoms with van der Waals surface area (Å²) >= 11 is 1.66. The minimum absolute atomic E-state index is 0.0643. The van der Waals surface area contributed by atoms with Crippen molar-refractivity contribution in [3.05, 3.63) is 24.2 Å². The van der Waals surface area contributed by atoms with E-state index in [2.05, 4.69) is 5.32 Å². The molecule has 1 aliphatic heterocycles. The molecule has 4 nitrogen and oxygen atoms in total. The second-order valence-electron chi connectivity index (χ2n) is 3.20. The van der Waals surface area contributed by atoms with Crippen molar-refractivity contribution in [3.63, 3.8) is 0 Å². The second-order valence-corrected chi connectivity index (χ2v) is 4.34. The number of esters is 1. The number of nitrogens with one attached hydrogen (secondary N) is 1. The maximum atomic E-state index is 11.4. The van der Waals surface area contributed by atoms with Gasteiger partial charge in [-0.3, -0.25) is 10.1 Å². The van der Waals surface area contributed by atoms with Gasteiger partial charge in [-0.2, -0.15) is 0 Å². The highest BCUT2D eigenvalue weighted by atomic mass is 32.2. The third-order valence-electron chi connectivity index (χ3n) is 2.15. The van der Waals surface area contributed by atoms with Gasteiger partial charge in [-0.1, -0.05) is 0 Å². The van der Waals surface area contributed by atoms with Gasteiger partial charge < -0.3 is 9.15 Å².